The Hall–Kier alpha value is -3.64. The van der Waals surface area contributed by atoms with Crippen molar-refractivity contribution in [3.63, 3.8) is 0 Å². The maximum Gasteiger partial charge on any atom is 0.343 e. The van der Waals surface area contributed by atoms with Gasteiger partial charge in [0.1, 0.15) is 11.5 Å². The van der Waals surface area contributed by atoms with Crippen LogP contribution in [0, 0.1) is 0 Å². The fourth-order valence-corrected chi connectivity index (χ4v) is 2.61. The minimum Gasteiger partial charge on any atom is -0.497 e. The summed E-state index contributed by atoms with van der Waals surface area (Å²) in [6.45, 7) is 0. The molecule has 0 atom stereocenters. The van der Waals surface area contributed by atoms with Crippen LogP contribution in [0.25, 0.3) is 0 Å². The van der Waals surface area contributed by atoms with Crippen molar-refractivity contribution in [2.75, 3.05) is 7.11 Å². The van der Waals surface area contributed by atoms with Crippen molar-refractivity contribution in [3.8, 4) is 11.5 Å². The van der Waals surface area contributed by atoms with Crippen LogP contribution in [0.1, 0.15) is 26.3 Å². The van der Waals surface area contributed by atoms with Gasteiger partial charge in [0.15, 0.2) is 0 Å². The minimum absolute atomic E-state index is 0.220. The van der Waals surface area contributed by atoms with E-state index in [1.165, 1.54) is 6.21 Å². The van der Waals surface area contributed by atoms with Gasteiger partial charge in [-0.2, -0.15) is 5.10 Å². The highest BCUT2D eigenvalue weighted by atomic mass is 35.5. The Morgan fingerprint density at radius 2 is 1.69 bits per heavy atom. The SMILES string of the molecule is COc1ccc(C(=O)Oc2ccc(/C=N\NC(=O)c3ccccc3)cc2Cl)cc1. The Labute approximate surface area is 172 Å². The molecule has 0 aromatic heterocycles. The van der Waals surface area contributed by atoms with Crippen molar-refractivity contribution >= 4 is 29.7 Å². The Morgan fingerprint density at radius 1 is 0.966 bits per heavy atom. The summed E-state index contributed by atoms with van der Waals surface area (Å²) in [4.78, 5) is 24.2. The lowest BCUT2D eigenvalue weighted by molar-refractivity contribution is 0.0734. The standard InChI is InChI=1S/C22H17ClN2O4/c1-28-18-10-8-17(9-11-18)22(27)29-20-12-7-15(13-19(20)23)14-24-25-21(26)16-5-3-2-4-6-16/h2-14H,1H3,(H,25,26)/b24-14-. The summed E-state index contributed by atoms with van der Waals surface area (Å²) >= 11 is 6.20. The molecule has 0 aliphatic rings. The van der Waals surface area contributed by atoms with E-state index in [4.69, 9.17) is 21.1 Å². The highest BCUT2D eigenvalue weighted by Gasteiger charge is 2.11. The van der Waals surface area contributed by atoms with Gasteiger partial charge in [-0.05, 0) is 60.2 Å². The number of carbonyl (C=O) groups is 2. The number of carbonyl (C=O) groups excluding carboxylic acids is 2. The van der Waals surface area contributed by atoms with E-state index in [0.29, 0.717) is 22.4 Å². The van der Waals surface area contributed by atoms with Gasteiger partial charge in [0, 0.05) is 5.56 Å². The highest BCUT2D eigenvalue weighted by molar-refractivity contribution is 6.32. The second-order valence-electron chi connectivity index (χ2n) is 5.87. The first kappa shape index (κ1) is 20.1. The van der Waals surface area contributed by atoms with E-state index in [0.717, 1.165) is 0 Å². The van der Waals surface area contributed by atoms with E-state index in [2.05, 4.69) is 10.5 Å². The van der Waals surface area contributed by atoms with Gasteiger partial charge in [-0.25, -0.2) is 10.2 Å². The van der Waals surface area contributed by atoms with Crippen LogP contribution in [-0.4, -0.2) is 25.2 Å². The Kier molecular flexibility index (Phi) is 6.60. The summed E-state index contributed by atoms with van der Waals surface area (Å²) in [5.74, 6) is 0.00428. The van der Waals surface area contributed by atoms with Crippen molar-refractivity contribution in [2.24, 2.45) is 5.10 Å². The molecule has 0 heterocycles. The first-order valence-electron chi connectivity index (χ1n) is 8.61. The molecule has 3 aromatic carbocycles. The molecule has 7 heteroatoms. The Bertz CT molecular complexity index is 1030. The zero-order valence-corrected chi connectivity index (χ0v) is 16.2. The lowest BCUT2D eigenvalue weighted by Gasteiger charge is -2.07. The summed E-state index contributed by atoms with van der Waals surface area (Å²) < 4.78 is 10.4. The van der Waals surface area contributed by atoms with Crippen molar-refractivity contribution in [2.45, 2.75) is 0 Å². The minimum atomic E-state index is -0.536. The number of hydrazone groups is 1. The summed E-state index contributed by atoms with van der Waals surface area (Å²) in [5, 5.41) is 4.15. The molecule has 0 saturated heterocycles. The number of nitrogens with zero attached hydrogens (tertiary/aromatic N) is 1. The first-order valence-corrected chi connectivity index (χ1v) is 8.99. The van der Waals surface area contributed by atoms with Crippen molar-refractivity contribution in [1.82, 2.24) is 5.43 Å². The summed E-state index contributed by atoms with van der Waals surface area (Å²) in [6.07, 6.45) is 1.45. The van der Waals surface area contributed by atoms with Crippen LogP contribution in [0.4, 0.5) is 0 Å². The number of amides is 1. The number of rotatable bonds is 6. The van der Waals surface area contributed by atoms with Crippen molar-refractivity contribution < 1.29 is 19.1 Å². The normalized spacial score (nSPS) is 10.6. The predicted molar refractivity (Wildman–Crippen MR) is 111 cm³/mol. The van der Waals surface area contributed by atoms with Gasteiger partial charge < -0.3 is 9.47 Å². The van der Waals surface area contributed by atoms with Crippen LogP contribution < -0.4 is 14.9 Å². The number of halogens is 1. The second kappa shape index (κ2) is 9.52. The Morgan fingerprint density at radius 3 is 2.34 bits per heavy atom. The molecule has 0 radical (unpaired) electrons. The van der Waals surface area contributed by atoms with Crippen molar-refractivity contribution in [1.29, 1.82) is 0 Å². The average molecular weight is 409 g/mol. The monoisotopic (exact) mass is 408 g/mol. The smallest absolute Gasteiger partial charge is 0.343 e. The number of hydrogen-bond donors (Lipinski definition) is 1. The quantitative estimate of drug-likeness (QED) is 0.285. The lowest BCUT2D eigenvalue weighted by Crippen LogP contribution is -2.17. The average Bonchev–Trinajstić information content (AvgIpc) is 2.76. The van der Waals surface area contributed by atoms with E-state index >= 15 is 0 Å². The second-order valence-corrected chi connectivity index (χ2v) is 6.28. The largest absolute Gasteiger partial charge is 0.497 e. The number of benzene rings is 3. The molecule has 0 aliphatic heterocycles. The summed E-state index contributed by atoms with van der Waals surface area (Å²) in [6, 6.07) is 20.1. The number of nitrogens with one attached hydrogen (secondary N) is 1. The van der Waals surface area contributed by atoms with Gasteiger partial charge in [-0.15, -0.1) is 0 Å². The van der Waals surface area contributed by atoms with Crippen LogP contribution in [0.2, 0.25) is 5.02 Å². The molecule has 1 amide bonds. The number of hydrogen-bond acceptors (Lipinski definition) is 5. The third kappa shape index (κ3) is 5.43. The van der Waals surface area contributed by atoms with Crippen LogP contribution in [0.15, 0.2) is 77.9 Å². The van der Waals surface area contributed by atoms with E-state index < -0.39 is 5.97 Å². The van der Waals surface area contributed by atoms with E-state index in [1.54, 1.807) is 73.8 Å². The molecular weight excluding hydrogens is 392 g/mol. The summed E-state index contributed by atoms with van der Waals surface area (Å²) in [7, 11) is 1.55. The lowest BCUT2D eigenvalue weighted by atomic mass is 10.2. The van der Waals surface area contributed by atoms with Gasteiger partial charge in [-0.3, -0.25) is 4.79 Å². The molecule has 1 N–H and O–H groups in total. The van der Waals surface area contributed by atoms with Crippen LogP contribution in [0.3, 0.4) is 0 Å². The zero-order valence-electron chi connectivity index (χ0n) is 15.5. The van der Waals surface area contributed by atoms with Gasteiger partial charge in [-0.1, -0.05) is 29.8 Å². The molecule has 0 spiro atoms. The highest BCUT2D eigenvalue weighted by Crippen LogP contribution is 2.26. The fourth-order valence-electron chi connectivity index (χ4n) is 2.39. The molecule has 0 saturated carbocycles. The fraction of sp³-hybridized carbons (Fsp3) is 0.0455. The van der Waals surface area contributed by atoms with Crippen LogP contribution >= 0.6 is 11.6 Å². The van der Waals surface area contributed by atoms with Crippen LogP contribution in [-0.2, 0) is 0 Å². The van der Waals surface area contributed by atoms with E-state index in [9.17, 15) is 9.59 Å². The van der Waals surface area contributed by atoms with Crippen molar-refractivity contribution in [3.05, 3.63) is 94.5 Å². The van der Waals surface area contributed by atoms with Crippen LogP contribution in [0.5, 0.6) is 11.5 Å². The Balaban J connectivity index is 1.62. The van der Waals surface area contributed by atoms with Gasteiger partial charge in [0.25, 0.3) is 5.91 Å². The van der Waals surface area contributed by atoms with Gasteiger partial charge in [0.05, 0.1) is 23.9 Å². The third-order valence-corrected chi connectivity index (χ3v) is 4.20. The van der Waals surface area contributed by atoms with Gasteiger partial charge in [0.2, 0.25) is 0 Å². The molecule has 3 aromatic rings. The van der Waals surface area contributed by atoms with E-state index in [-0.39, 0.29) is 16.7 Å². The number of esters is 1. The zero-order chi connectivity index (χ0) is 20.6. The third-order valence-electron chi connectivity index (χ3n) is 3.90. The molecule has 0 fully saturated rings. The molecule has 146 valence electrons. The van der Waals surface area contributed by atoms with E-state index in [1.807, 2.05) is 6.07 Å². The van der Waals surface area contributed by atoms with Gasteiger partial charge >= 0.3 is 5.97 Å². The number of methoxy groups -OCH3 is 1. The predicted octanol–water partition coefficient (Wildman–Crippen LogP) is 4.33. The molecule has 0 bridgehead atoms. The molecule has 29 heavy (non-hydrogen) atoms. The maximum absolute atomic E-state index is 12.2. The number of ether oxygens (including phenoxy) is 2. The molecule has 6 nitrogen and oxygen atoms in total. The first-order chi connectivity index (χ1) is 14.1. The topological polar surface area (TPSA) is 77.0 Å². The maximum atomic E-state index is 12.2. The summed E-state index contributed by atoms with van der Waals surface area (Å²) in [5.41, 5.74) is 3.94. The molecule has 3 rings (SSSR count). The molecular formula is C22H17ClN2O4. The molecule has 0 unspecified atom stereocenters. The molecule has 0 aliphatic carbocycles.